The monoisotopic (exact) mass is 288 g/mol. The molecule has 6 nitrogen and oxygen atoms in total. The summed E-state index contributed by atoms with van der Waals surface area (Å²) < 4.78 is 1.89. The van der Waals surface area contributed by atoms with Gasteiger partial charge in [0.15, 0.2) is 17.3 Å². The van der Waals surface area contributed by atoms with Gasteiger partial charge < -0.3 is 15.1 Å². The Morgan fingerprint density at radius 3 is 2.95 bits per heavy atom. The van der Waals surface area contributed by atoms with Crippen molar-refractivity contribution in [2.75, 3.05) is 10.7 Å². The molecular formula is C13H16N6S. The van der Waals surface area contributed by atoms with Gasteiger partial charge in [0.25, 0.3) is 0 Å². The molecule has 0 spiro atoms. The van der Waals surface area contributed by atoms with Gasteiger partial charge in [0.2, 0.25) is 0 Å². The highest BCUT2D eigenvalue weighted by Gasteiger charge is 2.12. The standard InChI is InChI=1S/C13H16N6S/c1-8-3-4-10(20-8)9(2)16-12-13-15-5-6-19(13)7-11(17-12)18-14/h3-7,9,18H,14H2,1-2H3,(H,16,17). The maximum atomic E-state index is 5.45. The van der Waals surface area contributed by atoms with Crippen molar-refractivity contribution in [1.82, 2.24) is 14.4 Å². The average Bonchev–Trinajstić information content (AvgIpc) is 3.06. The summed E-state index contributed by atoms with van der Waals surface area (Å²) in [4.78, 5) is 11.3. The summed E-state index contributed by atoms with van der Waals surface area (Å²) in [6, 6.07) is 4.41. The predicted octanol–water partition coefficient (Wildman–Crippen LogP) is 2.56. The highest BCUT2D eigenvalue weighted by molar-refractivity contribution is 7.12. The molecular weight excluding hydrogens is 272 g/mol. The van der Waals surface area contributed by atoms with E-state index in [1.807, 2.05) is 10.6 Å². The van der Waals surface area contributed by atoms with Crippen LogP contribution in [-0.2, 0) is 0 Å². The molecule has 3 aromatic heterocycles. The highest BCUT2D eigenvalue weighted by Crippen LogP contribution is 2.27. The number of aryl methyl sites for hydroxylation is 1. The van der Waals surface area contributed by atoms with Gasteiger partial charge in [-0.1, -0.05) is 0 Å². The third kappa shape index (κ3) is 2.33. The van der Waals surface area contributed by atoms with E-state index >= 15 is 0 Å². The van der Waals surface area contributed by atoms with Crippen molar-refractivity contribution in [2.24, 2.45) is 5.84 Å². The van der Waals surface area contributed by atoms with Gasteiger partial charge in [-0.3, -0.25) is 0 Å². The predicted molar refractivity (Wildman–Crippen MR) is 81.9 cm³/mol. The third-order valence-corrected chi connectivity index (χ3v) is 4.25. The lowest BCUT2D eigenvalue weighted by molar-refractivity contribution is 0.893. The lowest BCUT2D eigenvalue weighted by atomic mass is 10.2. The smallest absolute Gasteiger partial charge is 0.180 e. The number of imidazole rings is 1. The number of thiophene rings is 1. The zero-order chi connectivity index (χ0) is 14.1. The molecule has 0 saturated heterocycles. The van der Waals surface area contributed by atoms with E-state index < -0.39 is 0 Å². The van der Waals surface area contributed by atoms with Gasteiger partial charge in [0.05, 0.1) is 12.2 Å². The average molecular weight is 288 g/mol. The van der Waals surface area contributed by atoms with Crippen LogP contribution in [0.25, 0.3) is 5.65 Å². The van der Waals surface area contributed by atoms with E-state index in [1.165, 1.54) is 9.75 Å². The van der Waals surface area contributed by atoms with E-state index in [0.717, 1.165) is 5.65 Å². The molecule has 0 radical (unpaired) electrons. The number of hydrogen-bond acceptors (Lipinski definition) is 6. The molecule has 3 heterocycles. The van der Waals surface area contributed by atoms with Crippen LogP contribution in [0.3, 0.4) is 0 Å². The van der Waals surface area contributed by atoms with Gasteiger partial charge in [0.1, 0.15) is 0 Å². The molecule has 0 aromatic carbocycles. The van der Waals surface area contributed by atoms with Gasteiger partial charge in [-0.25, -0.2) is 15.8 Å². The van der Waals surface area contributed by atoms with Gasteiger partial charge in [-0.2, -0.15) is 0 Å². The van der Waals surface area contributed by atoms with Crippen LogP contribution in [0.2, 0.25) is 0 Å². The number of nitrogens with two attached hydrogens (primary N) is 1. The molecule has 1 unspecified atom stereocenters. The van der Waals surface area contributed by atoms with Crippen LogP contribution in [0.4, 0.5) is 11.6 Å². The first kappa shape index (κ1) is 12.9. The Morgan fingerprint density at radius 1 is 1.40 bits per heavy atom. The van der Waals surface area contributed by atoms with Crippen molar-refractivity contribution < 1.29 is 0 Å². The molecule has 1 atom stereocenters. The van der Waals surface area contributed by atoms with Crippen LogP contribution >= 0.6 is 11.3 Å². The molecule has 7 heteroatoms. The second-order valence-electron chi connectivity index (χ2n) is 4.59. The lowest BCUT2D eigenvalue weighted by Crippen LogP contribution is -2.13. The molecule has 0 saturated carbocycles. The van der Waals surface area contributed by atoms with Crippen molar-refractivity contribution in [3.63, 3.8) is 0 Å². The summed E-state index contributed by atoms with van der Waals surface area (Å²) in [5.74, 6) is 6.75. The molecule has 0 aliphatic rings. The van der Waals surface area contributed by atoms with E-state index in [1.54, 1.807) is 23.7 Å². The maximum absolute atomic E-state index is 5.45. The van der Waals surface area contributed by atoms with Crippen molar-refractivity contribution in [2.45, 2.75) is 19.9 Å². The van der Waals surface area contributed by atoms with Crippen LogP contribution in [-0.4, -0.2) is 14.4 Å². The Balaban J connectivity index is 1.95. The molecule has 0 amide bonds. The van der Waals surface area contributed by atoms with Crippen molar-refractivity contribution in [1.29, 1.82) is 0 Å². The normalized spacial score (nSPS) is 12.6. The largest absolute Gasteiger partial charge is 0.360 e. The van der Waals surface area contributed by atoms with Crippen LogP contribution in [0.5, 0.6) is 0 Å². The van der Waals surface area contributed by atoms with Crippen molar-refractivity contribution in [3.05, 3.63) is 40.5 Å². The fourth-order valence-corrected chi connectivity index (χ4v) is 2.94. The van der Waals surface area contributed by atoms with Crippen molar-refractivity contribution >= 4 is 28.6 Å². The quantitative estimate of drug-likeness (QED) is 0.508. The van der Waals surface area contributed by atoms with Crippen LogP contribution < -0.4 is 16.6 Å². The minimum absolute atomic E-state index is 0.162. The lowest BCUT2D eigenvalue weighted by Gasteiger charge is -2.14. The number of fused-ring (bicyclic) bond motifs is 1. The molecule has 0 aliphatic heterocycles. The third-order valence-electron chi connectivity index (χ3n) is 3.06. The van der Waals surface area contributed by atoms with Crippen LogP contribution in [0.15, 0.2) is 30.7 Å². The first-order valence-corrected chi connectivity index (χ1v) is 7.12. The Hall–Kier alpha value is -2.12. The second-order valence-corrected chi connectivity index (χ2v) is 5.91. The summed E-state index contributed by atoms with van der Waals surface area (Å²) in [7, 11) is 0. The van der Waals surface area contributed by atoms with E-state index in [-0.39, 0.29) is 6.04 Å². The Morgan fingerprint density at radius 2 is 2.25 bits per heavy atom. The molecule has 4 N–H and O–H groups in total. The maximum Gasteiger partial charge on any atom is 0.180 e. The summed E-state index contributed by atoms with van der Waals surface area (Å²) >= 11 is 1.77. The number of hydrazine groups is 1. The summed E-state index contributed by atoms with van der Waals surface area (Å²) in [6.45, 7) is 4.21. The minimum Gasteiger partial charge on any atom is -0.360 e. The molecule has 20 heavy (non-hydrogen) atoms. The molecule has 3 rings (SSSR count). The second kappa shape index (κ2) is 5.10. The molecule has 0 bridgehead atoms. The number of nitrogens with one attached hydrogen (secondary N) is 2. The van der Waals surface area contributed by atoms with Crippen molar-refractivity contribution in [3.8, 4) is 0 Å². The number of nitrogens with zero attached hydrogens (tertiary/aromatic N) is 3. The molecule has 0 fully saturated rings. The van der Waals surface area contributed by atoms with Crippen LogP contribution in [0.1, 0.15) is 22.7 Å². The fraction of sp³-hybridized carbons (Fsp3) is 0.231. The number of aromatic nitrogens is 3. The number of rotatable bonds is 4. The number of hydrogen-bond donors (Lipinski definition) is 3. The molecule has 104 valence electrons. The van der Waals surface area contributed by atoms with E-state index in [4.69, 9.17) is 5.84 Å². The first-order valence-electron chi connectivity index (χ1n) is 6.30. The summed E-state index contributed by atoms with van der Waals surface area (Å²) in [5.41, 5.74) is 3.35. The first-order chi connectivity index (χ1) is 9.67. The van der Waals surface area contributed by atoms with Crippen LogP contribution in [0, 0.1) is 6.92 Å². The van der Waals surface area contributed by atoms with Gasteiger partial charge in [0, 0.05) is 22.1 Å². The van der Waals surface area contributed by atoms with E-state index in [9.17, 15) is 0 Å². The zero-order valence-electron chi connectivity index (χ0n) is 11.3. The Labute approximate surface area is 120 Å². The van der Waals surface area contributed by atoms with Gasteiger partial charge >= 0.3 is 0 Å². The topological polar surface area (TPSA) is 80.3 Å². The van der Waals surface area contributed by atoms with E-state index in [2.05, 4.69) is 46.7 Å². The molecule has 3 aromatic rings. The van der Waals surface area contributed by atoms with E-state index in [0.29, 0.717) is 11.6 Å². The summed E-state index contributed by atoms with van der Waals surface area (Å²) in [5, 5.41) is 3.40. The summed E-state index contributed by atoms with van der Waals surface area (Å²) in [6.07, 6.45) is 5.40. The number of anilines is 2. The van der Waals surface area contributed by atoms with Gasteiger partial charge in [-0.05, 0) is 26.0 Å². The molecule has 0 aliphatic carbocycles. The minimum atomic E-state index is 0.162. The Bertz CT molecular complexity index is 731. The SMILES string of the molecule is Cc1ccc(C(C)Nc2nc(NN)cn3ccnc23)s1. The number of nitrogen functional groups attached to an aromatic ring is 1. The van der Waals surface area contributed by atoms with Gasteiger partial charge in [-0.15, -0.1) is 11.3 Å². The Kier molecular flexibility index (Phi) is 3.29. The fourth-order valence-electron chi connectivity index (χ4n) is 2.06. The zero-order valence-corrected chi connectivity index (χ0v) is 12.1. The highest BCUT2D eigenvalue weighted by atomic mass is 32.1.